The fraction of sp³-hybridized carbons (Fsp3) is 0.600. The molecule has 2 aliphatic heterocycles. The highest BCUT2D eigenvalue weighted by Crippen LogP contribution is 2.22. The van der Waals surface area contributed by atoms with Crippen LogP contribution >= 0.6 is 0 Å². The monoisotopic (exact) mass is 341 g/mol. The van der Waals surface area contributed by atoms with Crippen molar-refractivity contribution in [3.8, 4) is 6.07 Å². The van der Waals surface area contributed by atoms with Crippen LogP contribution in [0, 0.1) is 17.2 Å². The summed E-state index contributed by atoms with van der Waals surface area (Å²) in [7, 11) is 0. The highest BCUT2D eigenvalue weighted by Gasteiger charge is 2.23. The Hall–Kier alpha value is -1.90. The van der Waals surface area contributed by atoms with Gasteiger partial charge in [0.25, 0.3) is 0 Å². The lowest BCUT2D eigenvalue weighted by atomic mass is 9.92. The van der Waals surface area contributed by atoms with Crippen molar-refractivity contribution in [2.45, 2.75) is 44.7 Å². The Balaban J connectivity index is 1.37. The van der Waals surface area contributed by atoms with Gasteiger partial charge in [-0.3, -0.25) is 9.69 Å². The Morgan fingerprint density at radius 1 is 1.16 bits per heavy atom. The zero-order chi connectivity index (χ0) is 17.5. The summed E-state index contributed by atoms with van der Waals surface area (Å²) >= 11 is 0. The lowest BCUT2D eigenvalue weighted by Gasteiger charge is -2.32. The van der Waals surface area contributed by atoms with E-state index >= 15 is 0 Å². The molecule has 1 aromatic rings. The van der Waals surface area contributed by atoms with Crippen molar-refractivity contribution in [2.24, 2.45) is 5.92 Å². The number of likely N-dealkylation sites (tertiary alicyclic amines) is 1. The van der Waals surface area contributed by atoms with E-state index in [0.29, 0.717) is 23.9 Å². The normalized spacial score (nSPS) is 20.1. The van der Waals surface area contributed by atoms with Crippen LogP contribution in [0.3, 0.4) is 0 Å². The molecule has 1 amide bonds. The van der Waals surface area contributed by atoms with Crippen molar-refractivity contribution in [3.63, 3.8) is 0 Å². The smallest absolute Gasteiger partial charge is 0.220 e. The summed E-state index contributed by atoms with van der Waals surface area (Å²) in [5.41, 5.74) is 1.95. The van der Waals surface area contributed by atoms with Gasteiger partial charge in [-0.1, -0.05) is 12.1 Å². The summed E-state index contributed by atoms with van der Waals surface area (Å²) in [5, 5.41) is 12.0. The van der Waals surface area contributed by atoms with Gasteiger partial charge in [0.05, 0.1) is 11.6 Å². The van der Waals surface area contributed by atoms with E-state index in [2.05, 4.69) is 16.3 Å². The van der Waals surface area contributed by atoms with Gasteiger partial charge in [-0.15, -0.1) is 0 Å². The molecular formula is C20H27N3O2. The second-order valence-electron chi connectivity index (χ2n) is 7.19. The first-order valence-electron chi connectivity index (χ1n) is 9.31. The van der Waals surface area contributed by atoms with E-state index < -0.39 is 0 Å². The Kier molecular flexibility index (Phi) is 6.43. The first kappa shape index (κ1) is 17.9. The molecule has 1 N–H and O–H groups in total. The molecule has 0 spiro atoms. The number of benzene rings is 1. The topological polar surface area (TPSA) is 65.4 Å². The van der Waals surface area contributed by atoms with Crippen LogP contribution in [0.2, 0.25) is 0 Å². The molecule has 5 nitrogen and oxygen atoms in total. The SMILES string of the molecule is N#Cc1ccc(CN2CCC(CC(=O)NC3CCOCC3)CC2)cc1. The van der Waals surface area contributed by atoms with E-state index in [1.807, 2.05) is 24.3 Å². The van der Waals surface area contributed by atoms with Crippen LogP contribution in [-0.4, -0.2) is 43.2 Å². The molecule has 3 rings (SSSR count). The summed E-state index contributed by atoms with van der Waals surface area (Å²) < 4.78 is 5.33. The van der Waals surface area contributed by atoms with Gasteiger partial charge < -0.3 is 10.1 Å². The molecular weight excluding hydrogens is 314 g/mol. The van der Waals surface area contributed by atoms with Gasteiger partial charge in [0, 0.05) is 32.2 Å². The summed E-state index contributed by atoms with van der Waals surface area (Å²) in [6, 6.07) is 10.3. The molecule has 0 saturated carbocycles. The van der Waals surface area contributed by atoms with Crippen molar-refractivity contribution in [3.05, 3.63) is 35.4 Å². The van der Waals surface area contributed by atoms with Gasteiger partial charge >= 0.3 is 0 Å². The molecule has 0 radical (unpaired) electrons. The van der Waals surface area contributed by atoms with Crippen molar-refractivity contribution >= 4 is 5.91 Å². The number of carbonyl (C=O) groups is 1. The van der Waals surface area contributed by atoms with Crippen LogP contribution in [-0.2, 0) is 16.1 Å². The largest absolute Gasteiger partial charge is 0.381 e. The number of piperidine rings is 1. The average molecular weight is 341 g/mol. The standard InChI is InChI=1S/C20H27N3O2/c21-14-17-1-3-18(4-2-17)15-23-9-5-16(6-10-23)13-20(24)22-19-7-11-25-12-8-19/h1-4,16,19H,5-13,15H2,(H,22,24). The van der Waals surface area contributed by atoms with Crippen LogP contribution in [0.5, 0.6) is 0 Å². The van der Waals surface area contributed by atoms with E-state index in [1.165, 1.54) is 5.56 Å². The number of hydrogen-bond acceptors (Lipinski definition) is 4. The zero-order valence-corrected chi connectivity index (χ0v) is 14.7. The second kappa shape index (κ2) is 8.98. The summed E-state index contributed by atoms with van der Waals surface area (Å²) in [5.74, 6) is 0.703. The Morgan fingerprint density at radius 3 is 2.48 bits per heavy atom. The molecule has 2 saturated heterocycles. The van der Waals surface area contributed by atoms with E-state index in [1.54, 1.807) is 0 Å². The van der Waals surface area contributed by atoms with Gasteiger partial charge in [0.1, 0.15) is 0 Å². The van der Waals surface area contributed by atoms with Gasteiger partial charge in [-0.2, -0.15) is 5.26 Å². The average Bonchev–Trinajstić information content (AvgIpc) is 2.65. The molecule has 134 valence electrons. The van der Waals surface area contributed by atoms with Crippen LogP contribution in [0.4, 0.5) is 0 Å². The maximum absolute atomic E-state index is 12.2. The van der Waals surface area contributed by atoms with E-state index in [9.17, 15) is 4.79 Å². The molecule has 5 heteroatoms. The minimum absolute atomic E-state index is 0.206. The van der Waals surface area contributed by atoms with Gasteiger partial charge in [-0.25, -0.2) is 0 Å². The van der Waals surface area contributed by atoms with E-state index in [4.69, 9.17) is 10.00 Å². The van der Waals surface area contributed by atoms with Crippen LogP contribution in [0.15, 0.2) is 24.3 Å². The Morgan fingerprint density at radius 2 is 1.84 bits per heavy atom. The van der Waals surface area contributed by atoms with Crippen molar-refractivity contribution in [1.29, 1.82) is 5.26 Å². The Labute approximate surface area is 150 Å². The van der Waals surface area contributed by atoms with E-state index in [0.717, 1.165) is 58.5 Å². The van der Waals surface area contributed by atoms with Crippen molar-refractivity contribution in [1.82, 2.24) is 10.2 Å². The number of nitriles is 1. The van der Waals surface area contributed by atoms with Crippen LogP contribution in [0.25, 0.3) is 0 Å². The zero-order valence-electron chi connectivity index (χ0n) is 14.7. The van der Waals surface area contributed by atoms with Gasteiger partial charge in [0.2, 0.25) is 5.91 Å². The van der Waals surface area contributed by atoms with Crippen LogP contribution in [0.1, 0.15) is 43.2 Å². The van der Waals surface area contributed by atoms with Crippen molar-refractivity contribution < 1.29 is 9.53 Å². The highest BCUT2D eigenvalue weighted by atomic mass is 16.5. The first-order valence-corrected chi connectivity index (χ1v) is 9.31. The minimum atomic E-state index is 0.206. The molecule has 0 aliphatic carbocycles. The lowest BCUT2D eigenvalue weighted by molar-refractivity contribution is -0.123. The third kappa shape index (κ3) is 5.55. The van der Waals surface area contributed by atoms with Crippen molar-refractivity contribution in [2.75, 3.05) is 26.3 Å². The first-order chi connectivity index (χ1) is 12.2. The summed E-state index contributed by atoms with van der Waals surface area (Å²) in [6.45, 7) is 4.52. The number of nitrogens with one attached hydrogen (secondary N) is 1. The molecule has 2 fully saturated rings. The molecule has 0 atom stereocenters. The number of amides is 1. The van der Waals surface area contributed by atoms with Gasteiger partial charge in [0.15, 0.2) is 0 Å². The number of carbonyl (C=O) groups excluding carboxylic acids is 1. The predicted octanol–water partition coefficient (Wildman–Crippen LogP) is 2.46. The number of hydrogen-bond donors (Lipinski definition) is 1. The molecule has 0 unspecified atom stereocenters. The third-order valence-corrected chi connectivity index (χ3v) is 5.26. The number of nitrogens with zero attached hydrogens (tertiary/aromatic N) is 2. The third-order valence-electron chi connectivity index (χ3n) is 5.26. The predicted molar refractivity (Wildman–Crippen MR) is 95.8 cm³/mol. The summed E-state index contributed by atoms with van der Waals surface area (Å²) in [4.78, 5) is 14.7. The van der Waals surface area contributed by atoms with Crippen LogP contribution < -0.4 is 5.32 Å². The molecule has 2 heterocycles. The number of rotatable bonds is 5. The maximum atomic E-state index is 12.2. The maximum Gasteiger partial charge on any atom is 0.220 e. The number of ether oxygens (including phenoxy) is 1. The molecule has 0 aromatic heterocycles. The molecule has 1 aromatic carbocycles. The Bertz CT molecular complexity index is 594. The summed E-state index contributed by atoms with van der Waals surface area (Å²) in [6.07, 6.45) is 4.70. The van der Waals surface area contributed by atoms with E-state index in [-0.39, 0.29) is 5.91 Å². The molecule has 2 aliphatic rings. The fourth-order valence-electron chi connectivity index (χ4n) is 3.68. The lowest BCUT2D eigenvalue weighted by Crippen LogP contribution is -2.41. The fourth-order valence-corrected chi connectivity index (χ4v) is 3.68. The van der Waals surface area contributed by atoms with Gasteiger partial charge in [-0.05, 0) is 62.4 Å². The molecule has 25 heavy (non-hydrogen) atoms. The molecule has 0 bridgehead atoms. The second-order valence-corrected chi connectivity index (χ2v) is 7.19. The highest BCUT2D eigenvalue weighted by molar-refractivity contribution is 5.76. The minimum Gasteiger partial charge on any atom is -0.381 e. The quantitative estimate of drug-likeness (QED) is 0.893.